The summed E-state index contributed by atoms with van der Waals surface area (Å²) in [4.78, 5) is 27.3. The number of nitrogens with one attached hydrogen (secondary N) is 3. The Labute approximate surface area is 127 Å². The van der Waals surface area contributed by atoms with Gasteiger partial charge < -0.3 is 4.98 Å². The zero-order valence-corrected chi connectivity index (χ0v) is 13.2. The van der Waals surface area contributed by atoms with Crippen LogP contribution in [0.5, 0.6) is 0 Å². The number of hydrogen-bond acceptors (Lipinski definition) is 4. The minimum absolute atomic E-state index is 0.0468. The standard InChI is InChI=1S/C14H17N3O4S/c1-14(2,3)17-22(20,21)10-6-4-5-9(7-10)11-8-15-13(19)16-12(11)18/h4-8,17H,1-3H3,(H2,15,16,18,19). The largest absolute Gasteiger partial charge is 0.325 e. The van der Waals surface area contributed by atoms with Gasteiger partial charge in [-0.05, 0) is 38.5 Å². The van der Waals surface area contributed by atoms with Gasteiger partial charge in [-0.1, -0.05) is 12.1 Å². The van der Waals surface area contributed by atoms with E-state index in [1.165, 1.54) is 24.4 Å². The predicted molar refractivity (Wildman–Crippen MR) is 83.2 cm³/mol. The van der Waals surface area contributed by atoms with Gasteiger partial charge in [0.1, 0.15) is 0 Å². The lowest BCUT2D eigenvalue weighted by molar-refractivity contribution is 0.491. The monoisotopic (exact) mass is 323 g/mol. The summed E-state index contributed by atoms with van der Waals surface area (Å²) in [6, 6.07) is 5.96. The van der Waals surface area contributed by atoms with Crippen molar-refractivity contribution in [2.45, 2.75) is 31.2 Å². The topological polar surface area (TPSA) is 112 Å². The van der Waals surface area contributed by atoms with Crippen molar-refractivity contribution in [3.63, 3.8) is 0 Å². The van der Waals surface area contributed by atoms with Crippen molar-refractivity contribution in [3.05, 3.63) is 51.3 Å². The van der Waals surface area contributed by atoms with E-state index in [0.29, 0.717) is 5.56 Å². The number of aromatic amines is 2. The van der Waals surface area contributed by atoms with E-state index in [4.69, 9.17) is 0 Å². The van der Waals surface area contributed by atoms with Crippen LogP contribution < -0.4 is 16.0 Å². The third-order valence-electron chi connectivity index (χ3n) is 2.72. The summed E-state index contributed by atoms with van der Waals surface area (Å²) in [7, 11) is -3.70. The maximum absolute atomic E-state index is 12.3. The molecule has 118 valence electrons. The first-order valence-corrected chi connectivity index (χ1v) is 8.03. The zero-order valence-electron chi connectivity index (χ0n) is 12.4. The Hall–Kier alpha value is -2.19. The van der Waals surface area contributed by atoms with Gasteiger partial charge in [-0.25, -0.2) is 17.9 Å². The SMILES string of the molecule is CC(C)(C)NS(=O)(=O)c1cccc(-c2c[nH]c(=O)[nH]c2=O)c1. The fraction of sp³-hybridized carbons (Fsp3) is 0.286. The van der Waals surface area contributed by atoms with E-state index in [1.54, 1.807) is 26.8 Å². The van der Waals surface area contributed by atoms with Crippen molar-refractivity contribution in [2.24, 2.45) is 0 Å². The van der Waals surface area contributed by atoms with Crippen LogP contribution in [0.15, 0.2) is 44.9 Å². The first-order valence-electron chi connectivity index (χ1n) is 6.55. The summed E-state index contributed by atoms with van der Waals surface area (Å²) in [6.07, 6.45) is 1.25. The first-order chi connectivity index (χ1) is 10.1. The van der Waals surface area contributed by atoms with Gasteiger partial charge >= 0.3 is 5.69 Å². The van der Waals surface area contributed by atoms with Gasteiger partial charge in [0, 0.05) is 11.7 Å². The molecule has 22 heavy (non-hydrogen) atoms. The van der Waals surface area contributed by atoms with Crippen LogP contribution in [-0.4, -0.2) is 23.9 Å². The van der Waals surface area contributed by atoms with Crippen molar-refractivity contribution >= 4 is 10.0 Å². The molecule has 0 amide bonds. The fourth-order valence-corrected chi connectivity index (χ4v) is 3.38. The number of hydrogen-bond donors (Lipinski definition) is 3. The molecule has 3 N–H and O–H groups in total. The normalized spacial score (nSPS) is 12.3. The number of aromatic nitrogens is 2. The quantitative estimate of drug-likeness (QED) is 0.776. The molecule has 0 aliphatic heterocycles. The minimum Gasteiger partial charge on any atom is -0.313 e. The molecule has 1 heterocycles. The maximum atomic E-state index is 12.3. The summed E-state index contributed by atoms with van der Waals surface area (Å²) in [6.45, 7) is 5.21. The molecule has 0 aliphatic rings. The van der Waals surface area contributed by atoms with Crippen LogP contribution in [-0.2, 0) is 10.0 Å². The van der Waals surface area contributed by atoms with Crippen molar-refractivity contribution in [1.82, 2.24) is 14.7 Å². The molecule has 0 saturated carbocycles. The van der Waals surface area contributed by atoms with Crippen LogP contribution >= 0.6 is 0 Å². The molecule has 0 aliphatic carbocycles. The summed E-state index contributed by atoms with van der Waals surface area (Å²) in [5.41, 5.74) is -1.24. The molecule has 0 saturated heterocycles. The summed E-state index contributed by atoms with van der Waals surface area (Å²) in [5.74, 6) is 0. The molecule has 0 spiro atoms. The highest BCUT2D eigenvalue weighted by Gasteiger charge is 2.22. The van der Waals surface area contributed by atoms with Gasteiger partial charge in [0.25, 0.3) is 5.56 Å². The molecule has 2 aromatic rings. The van der Waals surface area contributed by atoms with E-state index in [9.17, 15) is 18.0 Å². The first kappa shape index (κ1) is 16.2. The van der Waals surface area contributed by atoms with E-state index in [0.717, 1.165) is 0 Å². The lowest BCUT2D eigenvalue weighted by Crippen LogP contribution is -2.40. The van der Waals surface area contributed by atoms with E-state index in [1.807, 2.05) is 0 Å². The van der Waals surface area contributed by atoms with Gasteiger partial charge in [0.05, 0.1) is 10.5 Å². The van der Waals surface area contributed by atoms with E-state index < -0.39 is 26.8 Å². The number of sulfonamides is 1. The van der Waals surface area contributed by atoms with Crippen molar-refractivity contribution in [1.29, 1.82) is 0 Å². The molecule has 8 heteroatoms. The van der Waals surface area contributed by atoms with Crippen LogP contribution in [0.1, 0.15) is 20.8 Å². The Morgan fingerprint density at radius 3 is 2.41 bits per heavy atom. The average molecular weight is 323 g/mol. The summed E-state index contributed by atoms with van der Waals surface area (Å²) < 4.78 is 27.2. The van der Waals surface area contributed by atoms with E-state index in [2.05, 4.69) is 14.7 Å². The smallest absolute Gasteiger partial charge is 0.313 e. The maximum Gasteiger partial charge on any atom is 0.325 e. The molecule has 0 atom stereocenters. The Bertz CT molecular complexity index is 904. The average Bonchev–Trinajstić information content (AvgIpc) is 2.36. The van der Waals surface area contributed by atoms with Crippen molar-refractivity contribution in [2.75, 3.05) is 0 Å². The van der Waals surface area contributed by atoms with E-state index in [-0.39, 0.29) is 10.5 Å². The summed E-state index contributed by atoms with van der Waals surface area (Å²) in [5, 5.41) is 0. The van der Waals surface area contributed by atoms with Gasteiger partial charge in [-0.15, -0.1) is 0 Å². The molecule has 1 aromatic carbocycles. The molecular formula is C14H17N3O4S. The van der Waals surface area contributed by atoms with Crippen molar-refractivity contribution in [3.8, 4) is 11.1 Å². The number of benzene rings is 1. The lowest BCUT2D eigenvalue weighted by Gasteiger charge is -2.20. The zero-order chi connectivity index (χ0) is 16.5. The molecule has 0 radical (unpaired) electrons. The van der Waals surface area contributed by atoms with Crippen LogP contribution in [0.3, 0.4) is 0 Å². The predicted octanol–water partition coefficient (Wildman–Crippen LogP) is 0.807. The second-order valence-corrected chi connectivity index (χ2v) is 7.55. The highest BCUT2D eigenvalue weighted by atomic mass is 32.2. The van der Waals surface area contributed by atoms with Crippen molar-refractivity contribution < 1.29 is 8.42 Å². The molecule has 0 fully saturated rings. The Balaban J connectivity index is 2.52. The Kier molecular flexibility index (Phi) is 4.08. The van der Waals surface area contributed by atoms with Crippen LogP contribution in [0.4, 0.5) is 0 Å². The van der Waals surface area contributed by atoms with Gasteiger partial charge in [-0.2, -0.15) is 0 Å². The van der Waals surface area contributed by atoms with Gasteiger partial charge in [0.15, 0.2) is 0 Å². The lowest BCUT2D eigenvalue weighted by atomic mass is 10.1. The second-order valence-electron chi connectivity index (χ2n) is 5.87. The molecule has 0 bridgehead atoms. The van der Waals surface area contributed by atoms with Gasteiger partial charge in [-0.3, -0.25) is 9.78 Å². The molecule has 2 rings (SSSR count). The third-order valence-corrected chi connectivity index (χ3v) is 4.47. The Morgan fingerprint density at radius 1 is 1.14 bits per heavy atom. The second kappa shape index (κ2) is 5.54. The third kappa shape index (κ3) is 3.71. The highest BCUT2D eigenvalue weighted by Crippen LogP contribution is 2.20. The Morgan fingerprint density at radius 2 is 1.82 bits per heavy atom. The van der Waals surface area contributed by atoms with Gasteiger partial charge in [0.2, 0.25) is 10.0 Å². The summed E-state index contributed by atoms with van der Waals surface area (Å²) >= 11 is 0. The number of rotatable bonds is 3. The molecule has 7 nitrogen and oxygen atoms in total. The van der Waals surface area contributed by atoms with Crippen LogP contribution in [0.25, 0.3) is 11.1 Å². The molecule has 0 unspecified atom stereocenters. The van der Waals surface area contributed by atoms with Crippen LogP contribution in [0.2, 0.25) is 0 Å². The highest BCUT2D eigenvalue weighted by molar-refractivity contribution is 7.89. The molecule has 1 aromatic heterocycles. The molecular weight excluding hydrogens is 306 g/mol. The number of H-pyrrole nitrogens is 2. The fourth-order valence-electron chi connectivity index (χ4n) is 1.92. The van der Waals surface area contributed by atoms with E-state index >= 15 is 0 Å². The minimum atomic E-state index is -3.70. The van der Waals surface area contributed by atoms with Crippen LogP contribution in [0, 0.1) is 0 Å².